The van der Waals surface area contributed by atoms with Crippen molar-refractivity contribution in [2.24, 2.45) is 11.5 Å². The molecule has 0 aliphatic carbocycles. The number of hydrogen-bond acceptors (Lipinski definition) is 3. The van der Waals surface area contributed by atoms with Crippen LogP contribution in [-0.4, -0.2) is 17.8 Å². The molecule has 5 heteroatoms. The Morgan fingerprint density at radius 1 is 1.50 bits per heavy atom. The van der Waals surface area contributed by atoms with Crippen LogP contribution in [0.3, 0.4) is 0 Å². The summed E-state index contributed by atoms with van der Waals surface area (Å²) < 4.78 is 12.8. The molecule has 1 aromatic carbocycles. The molecule has 0 fully saturated rings. The summed E-state index contributed by atoms with van der Waals surface area (Å²) in [6.07, 6.45) is -0.850. The third-order valence-electron chi connectivity index (χ3n) is 1.98. The average molecular weight is 219 g/mol. The molecule has 14 heavy (non-hydrogen) atoms. The lowest BCUT2D eigenvalue weighted by atomic mass is 10.0. The van der Waals surface area contributed by atoms with Crippen molar-refractivity contribution in [1.82, 2.24) is 0 Å². The molecule has 2 unspecified atom stereocenters. The topological polar surface area (TPSA) is 72.3 Å². The summed E-state index contributed by atoms with van der Waals surface area (Å²) in [4.78, 5) is 0. The molecule has 0 aliphatic heterocycles. The summed E-state index contributed by atoms with van der Waals surface area (Å²) in [5, 5.41) is 9.34. The highest BCUT2D eigenvalue weighted by atomic mass is 35.5. The van der Waals surface area contributed by atoms with Crippen LogP contribution in [0.2, 0.25) is 5.02 Å². The van der Waals surface area contributed by atoms with Crippen molar-refractivity contribution in [2.45, 2.75) is 12.1 Å². The van der Waals surface area contributed by atoms with E-state index in [1.165, 1.54) is 18.2 Å². The lowest BCUT2D eigenvalue weighted by Gasteiger charge is -2.17. The van der Waals surface area contributed by atoms with Crippen molar-refractivity contribution >= 4 is 11.6 Å². The van der Waals surface area contributed by atoms with E-state index in [1.54, 1.807) is 0 Å². The zero-order valence-electron chi connectivity index (χ0n) is 7.45. The lowest BCUT2D eigenvalue weighted by Crippen LogP contribution is -2.32. The molecule has 0 spiro atoms. The molecule has 0 aliphatic rings. The van der Waals surface area contributed by atoms with Crippen LogP contribution in [0.1, 0.15) is 11.6 Å². The van der Waals surface area contributed by atoms with E-state index < -0.39 is 18.0 Å². The first-order chi connectivity index (χ1) is 6.56. The van der Waals surface area contributed by atoms with Gasteiger partial charge in [0.1, 0.15) is 5.82 Å². The van der Waals surface area contributed by atoms with E-state index in [-0.39, 0.29) is 11.6 Å². The van der Waals surface area contributed by atoms with E-state index in [4.69, 9.17) is 23.1 Å². The summed E-state index contributed by atoms with van der Waals surface area (Å²) in [7, 11) is 0. The van der Waals surface area contributed by atoms with Gasteiger partial charge in [-0.2, -0.15) is 0 Å². The van der Waals surface area contributed by atoms with Gasteiger partial charge in [0, 0.05) is 6.54 Å². The molecule has 0 radical (unpaired) electrons. The van der Waals surface area contributed by atoms with Crippen molar-refractivity contribution in [3.05, 3.63) is 34.6 Å². The van der Waals surface area contributed by atoms with E-state index in [1.807, 2.05) is 0 Å². The third-order valence-corrected chi connectivity index (χ3v) is 2.27. The van der Waals surface area contributed by atoms with Gasteiger partial charge < -0.3 is 16.6 Å². The van der Waals surface area contributed by atoms with Gasteiger partial charge in [-0.3, -0.25) is 0 Å². The molecule has 0 saturated heterocycles. The molecular formula is C9H12ClFN2O. The van der Waals surface area contributed by atoms with Crippen LogP contribution >= 0.6 is 11.6 Å². The quantitative estimate of drug-likeness (QED) is 0.703. The van der Waals surface area contributed by atoms with Crippen molar-refractivity contribution in [1.29, 1.82) is 0 Å². The predicted octanol–water partition coefficient (Wildman–Crippen LogP) is 0.799. The van der Waals surface area contributed by atoms with Crippen molar-refractivity contribution in [2.75, 3.05) is 6.54 Å². The fourth-order valence-corrected chi connectivity index (χ4v) is 1.28. The number of aliphatic hydroxyl groups is 1. The van der Waals surface area contributed by atoms with E-state index in [0.717, 1.165) is 0 Å². The van der Waals surface area contributed by atoms with Gasteiger partial charge in [-0.15, -0.1) is 0 Å². The maximum absolute atomic E-state index is 12.8. The van der Waals surface area contributed by atoms with Gasteiger partial charge in [0.15, 0.2) is 0 Å². The summed E-state index contributed by atoms with van der Waals surface area (Å²) in [5.74, 6) is -0.509. The second kappa shape index (κ2) is 4.70. The Bertz CT molecular complexity index is 322. The molecule has 2 atom stereocenters. The van der Waals surface area contributed by atoms with Crippen molar-refractivity contribution in [3.8, 4) is 0 Å². The van der Waals surface area contributed by atoms with Crippen molar-refractivity contribution in [3.63, 3.8) is 0 Å². The number of hydrogen-bond donors (Lipinski definition) is 3. The number of nitrogens with two attached hydrogens (primary N) is 2. The molecule has 1 aromatic rings. The average Bonchev–Trinajstić information content (AvgIpc) is 2.20. The van der Waals surface area contributed by atoms with Crippen LogP contribution in [0, 0.1) is 5.82 Å². The fraction of sp³-hybridized carbons (Fsp3) is 0.333. The molecule has 5 N–H and O–H groups in total. The maximum atomic E-state index is 12.8. The Morgan fingerprint density at radius 3 is 2.64 bits per heavy atom. The second-order valence-corrected chi connectivity index (χ2v) is 3.41. The summed E-state index contributed by atoms with van der Waals surface area (Å²) >= 11 is 5.56. The van der Waals surface area contributed by atoms with Gasteiger partial charge in [-0.25, -0.2) is 4.39 Å². The fourth-order valence-electron chi connectivity index (χ4n) is 1.09. The molecule has 3 nitrogen and oxygen atoms in total. The monoisotopic (exact) mass is 218 g/mol. The smallest absolute Gasteiger partial charge is 0.141 e. The molecule has 78 valence electrons. The molecule has 0 saturated carbocycles. The molecule has 0 aromatic heterocycles. The first-order valence-corrected chi connectivity index (χ1v) is 4.52. The zero-order chi connectivity index (χ0) is 10.7. The highest BCUT2D eigenvalue weighted by molar-refractivity contribution is 6.30. The molecule has 0 amide bonds. The minimum absolute atomic E-state index is 0.0119. The number of rotatable bonds is 3. The first kappa shape index (κ1) is 11.4. The van der Waals surface area contributed by atoms with E-state index in [0.29, 0.717) is 5.56 Å². The van der Waals surface area contributed by atoms with Gasteiger partial charge in [0.25, 0.3) is 0 Å². The van der Waals surface area contributed by atoms with E-state index in [9.17, 15) is 9.50 Å². The molecule has 0 bridgehead atoms. The van der Waals surface area contributed by atoms with Gasteiger partial charge >= 0.3 is 0 Å². The Balaban J connectivity index is 2.91. The number of benzene rings is 1. The highest BCUT2D eigenvalue weighted by Crippen LogP contribution is 2.21. The second-order valence-electron chi connectivity index (χ2n) is 3.00. The Kier molecular flexibility index (Phi) is 3.83. The molecule has 0 heterocycles. The third kappa shape index (κ3) is 2.42. The highest BCUT2D eigenvalue weighted by Gasteiger charge is 2.16. The predicted molar refractivity (Wildman–Crippen MR) is 53.4 cm³/mol. The number of halogens is 2. The SMILES string of the molecule is NCC(O)C(N)c1ccc(F)c(Cl)c1. The zero-order valence-corrected chi connectivity index (χ0v) is 8.21. The van der Waals surface area contributed by atoms with E-state index >= 15 is 0 Å². The molecule has 1 rings (SSSR count). The summed E-state index contributed by atoms with van der Waals surface area (Å²) in [6, 6.07) is 3.43. The minimum Gasteiger partial charge on any atom is -0.390 e. The summed E-state index contributed by atoms with van der Waals surface area (Å²) in [6.45, 7) is 0.0517. The first-order valence-electron chi connectivity index (χ1n) is 4.15. The number of aliphatic hydroxyl groups excluding tert-OH is 1. The maximum Gasteiger partial charge on any atom is 0.141 e. The van der Waals surface area contributed by atoms with Crippen molar-refractivity contribution < 1.29 is 9.50 Å². The normalized spacial score (nSPS) is 15.2. The Labute approximate surface area is 86.5 Å². The standard InChI is InChI=1S/C9H12ClFN2O/c10-6-3-5(1-2-7(6)11)9(13)8(14)4-12/h1-3,8-9,14H,4,12-13H2. The van der Waals surface area contributed by atoms with E-state index in [2.05, 4.69) is 0 Å². The van der Waals surface area contributed by atoms with Crippen LogP contribution in [0.25, 0.3) is 0 Å². The molecular weight excluding hydrogens is 207 g/mol. The largest absolute Gasteiger partial charge is 0.390 e. The van der Waals surface area contributed by atoms with Crippen LogP contribution < -0.4 is 11.5 Å². The van der Waals surface area contributed by atoms with Crippen LogP contribution in [-0.2, 0) is 0 Å². The minimum atomic E-state index is -0.850. The van der Waals surface area contributed by atoms with Gasteiger partial charge in [-0.05, 0) is 17.7 Å². The van der Waals surface area contributed by atoms with Gasteiger partial charge in [-0.1, -0.05) is 17.7 Å². The van der Waals surface area contributed by atoms with Gasteiger partial charge in [0.05, 0.1) is 17.2 Å². The van der Waals surface area contributed by atoms with Gasteiger partial charge in [0.2, 0.25) is 0 Å². The summed E-state index contributed by atoms with van der Waals surface area (Å²) in [5.41, 5.74) is 11.5. The Morgan fingerprint density at radius 2 is 2.14 bits per heavy atom. The Hall–Kier alpha value is -0.680. The van der Waals surface area contributed by atoms with Crippen LogP contribution in [0.4, 0.5) is 4.39 Å². The lowest BCUT2D eigenvalue weighted by molar-refractivity contribution is 0.153. The van der Waals surface area contributed by atoms with Crippen LogP contribution in [0.15, 0.2) is 18.2 Å². The van der Waals surface area contributed by atoms with Crippen LogP contribution in [0.5, 0.6) is 0 Å².